The van der Waals surface area contributed by atoms with E-state index in [-0.39, 0.29) is 11.7 Å². The molecule has 5 nitrogen and oxygen atoms in total. The van der Waals surface area contributed by atoms with E-state index < -0.39 is 15.9 Å². The van der Waals surface area contributed by atoms with Crippen LogP contribution >= 0.6 is 22.9 Å². The summed E-state index contributed by atoms with van der Waals surface area (Å²) in [6.45, 7) is 1.64. The minimum atomic E-state index is -3.15. The van der Waals surface area contributed by atoms with Crippen LogP contribution in [0.25, 0.3) is 10.1 Å². The molecule has 0 fully saturated rings. The maximum atomic E-state index is 12.2. The maximum absolute atomic E-state index is 12.2. The van der Waals surface area contributed by atoms with Crippen molar-refractivity contribution in [3.63, 3.8) is 0 Å². The fraction of sp³-hybridized carbons (Fsp3) is 0.308. The summed E-state index contributed by atoms with van der Waals surface area (Å²) >= 11 is 7.15. The number of sulfone groups is 1. The Kier molecular flexibility index (Phi) is 4.46. The minimum Gasteiger partial charge on any atom is -0.397 e. The van der Waals surface area contributed by atoms with E-state index in [1.54, 1.807) is 25.1 Å². The Hall–Kier alpha value is -1.31. The number of carbonyl (C=O) groups is 1. The highest BCUT2D eigenvalue weighted by molar-refractivity contribution is 7.90. The lowest BCUT2D eigenvalue weighted by molar-refractivity contribution is 0.0948. The molecule has 1 aromatic heterocycles. The Morgan fingerprint density at radius 3 is 2.76 bits per heavy atom. The first-order valence-electron chi connectivity index (χ1n) is 6.13. The third-order valence-corrected chi connectivity index (χ3v) is 5.33. The number of benzene rings is 1. The van der Waals surface area contributed by atoms with Crippen molar-refractivity contribution in [2.75, 3.05) is 17.7 Å². The van der Waals surface area contributed by atoms with Crippen LogP contribution in [-0.2, 0) is 9.84 Å². The predicted octanol–water partition coefficient (Wildman–Crippen LogP) is 2.30. The largest absolute Gasteiger partial charge is 0.397 e. The third kappa shape index (κ3) is 3.87. The van der Waals surface area contributed by atoms with Gasteiger partial charge in [0.15, 0.2) is 0 Å². The van der Waals surface area contributed by atoms with E-state index in [1.165, 1.54) is 11.3 Å². The third-order valence-electron chi connectivity index (χ3n) is 2.83. The maximum Gasteiger partial charge on any atom is 0.263 e. The van der Waals surface area contributed by atoms with Gasteiger partial charge in [-0.2, -0.15) is 0 Å². The molecule has 2 rings (SSSR count). The second kappa shape index (κ2) is 5.82. The molecule has 0 saturated heterocycles. The van der Waals surface area contributed by atoms with Gasteiger partial charge in [-0.25, -0.2) is 8.42 Å². The number of rotatable bonds is 4. The zero-order chi connectivity index (χ0) is 15.8. The van der Waals surface area contributed by atoms with Gasteiger partial charge in [0.05, 0.1) is 11.4 Å². The van der Waals surface area contributed by atoms with E-state index in [0.717, 1.165) is 16.3 Å². The molecule has 0 aliphatic rings. The molecule has 1 aromatic carbocycles. The van der Waals surface area contributed by atoms with Gasteiger partial charge in [-0.05, 0) is 25.1 Å². The van der Waals surface area contributed by atoms with E-state index in [1.807, 2.05) is 0 Å². The standard InChI is InChI=1S/C13H15ClN2O3S2/c1-7(6-21(2,18)19)16-13(17)12-11(15)9-4-3-8(14)5-10(9)20-12/h3-5,7H,6,15H2,1-2H3,(H,16,17). The Balaban J connectivity index is 2.25. The molecule has 114 valence electrons. The summed E-state index contributed by atoms with van der Waals surface area (Å²) in [7, 11) is -3.15. The molecule has 0 bridgehead atoms. The minimum absolute atomic E-state index is 0.116. The quantitative estimate of drug-likeness (QED) is 0.888. The van der Waals surface area contributed by atoms with Gasteiger partial charge in [0.1, 0.15) is 14.7 Å². The molecule has 0 aliphatic heterocycles. The molecular formula is C13H15ClN2O3S2. The van der Waals surface area contributed by atoms with Gasteiger partial charge in [0.25, 0.3) is 5.91 Å². The summed E-state index contributed by atoms with van der Waals surface area (Å²) < 4.78 is 23.3. The van der Waals surface area contributed by atoms with Crippen LogP contribution in [0.1, 0.15) is 16.6 Å². The first kappa shape index (κ1) is 16.1. The van der Waals surface area contributed by atoms with Crippen molar-refractivity contribution < 1.29 is 13.2 Å². The normalized spacial score (nSPS) is 13.3. The first-order valence-corrected chi connectivity index (χ1v) is 9.39. The fourth-order valence-electron chi connectivity index (χ4n) is 2.04. The first-order chi connectivity index (χ1) is 9.67. The van der Waals surface area contributed by atoms with E-state index in [9.17, 15) is 13.2 Å². The highest BCUT2D eigenvalue weighted by atomic mass is 35.5. The van der Waals surface area contributed by atoms with Crippen LogP contribution < -0.4 is 11.1 Å². The molecule has 1 amide bonds. The van der Waals surface area contributed by atoms with Crippen molar-refractivity contribution >= 4 is 54.5 Å². The Bertz CT molecular complexity index is 799. The van der Waals surface area contributed by atoms with Crippen molar-refractivity contribution in [3.8, 4) is 0 Å². The highest BCUT2D eigenvalue weighted by Gasteiger charge is 2.19. The predicted molar refractivity (Wildman–Crippen MR) is 87.9 cm³/mol. The molecule has 2 aromatic rings. The average molecular weight is 347 g/mol. The second-order valence-corrected chi connectivity index (χ2v) is 8.63. The van der Waals surface area contributed by atoms with Gasteiger partial charge in [-0.3, -0.25) is 4.79 Å². The number of amides is 1. The SMILES string of the molecule is CC(CS(C)(=O)=O)NC(=O)c1sc2cc(Cl)ccc2c1N. The number of hydrogen-bond acceptors (Lipinski definition) is 5. The average Bonchev–Trinajstić information content (AvgIpc) is 2.63. The van der Waals surface area contributed by atoms with Crippen molar-refractivity contribution in [3.05, 3.63) is 28.1 Å². The molecule has 0 saturated carbocycles. The van der Waals surface area contributed by atoms with Gasteiger partial charge in [0.2, 0.25) is 0 Å². The number of nitrogen functional groups attached to an aromatic ring is 1. The number of halogens is 1. The van der Waals surface area contributed by atoms with E-state index in [0.29, 0.717) is 15.6 Å². The van der Waals surface area contributed by atoms with E-state index in [2.05, 4.69) is 5.32 Å². The topological polar surface area (TPSA) is 89.3 Å². The Morgan fingerprint density at radius 2 is 2.14 bits per heavy atom. The molecule has 0 radical (unpaired) electrons. The van der Waals surface area contributed by atoms with Gasteiger partial charge in [0, 0.05) is 27.4 Å². The van der Waals surface area contributed by atoms with Gasteiger partial charge >= 0.3 is 0 Å². The van der Waals surface area contributed by atoms with Crippen LogP contribution in [0.2, 0.25) is 5.02 Å². The number of anilines is 1. The Labute approximate surface area is 132 Å². The van der Waals surface area contributed by atoms with Crippen LogP contribution in [0.4, 0.5) is 5.69 Å². The smallest absolute Gasteiger partial charge is 0.263 e. The highest BCUT2D eigenvalue weighted by Crippen LogP contribution is 2.35. The molecular weight excluding hydrogens is 332 g/mol. The molecule has 3 N–H and O–H groups in total. The summed E-state index contributed by atoms with van der Waals surface area (Å²) in [5, 5.41) is 3.99. The van der Waals surface area contributed by atoms with Crippen LogP contribution in [-0.4, -0.2) is 32.4 Å². The number of carbonyl (C=O) groups excluding carboxylic acids is 1. The van der Waals surface area contributed by atoms with Crippen molar-refractivity contribution in [1.82, 2.24) is 5.32 Å². The van der Waals surface area contributed by atoms with Crippen LogP contribution in [0, 0.1) is 0 Å². The Morgan fingerprint density at radius 1 is 1.48 bits per heavy atom. The number of nitrogens with two attached hydrogens (primary N) is 1. The number of thiophene rings is 1. The van der Waals surface area contributed by atoms with Crippen molar-refractivity contribution in [1.29, 1.82) is 0 Å². The summed E-state index contributed by atoms with van der Waals surface area (Å²) in [5.74, 6) is -0.490. The lowest BCUT2D eigenvalue weighted by Gasteiger charge is -2.12. The van der Waals surface area contributed by atoms with Crippen LogP contribution in [0.5, 0.6) is 0 Å². The van der Waals surface area contributed by atoms with Gasteiger partial charge < -0.3 is 11.1 Å². The van der Waals surface area contributed by atoms with E-state index >= 15 is 0 Å². The molecule has 21 heavy (non-hydrogen) atoms. The molecule has 1 atom stereocenters. The summed E-state index contributed by atoms with van der Waals surface area (Å²) in [4.78, 5) is 12.6. The van der Waals surface area contributed by atoms with Crippen LogP contribution in [0.15, 0.2) is 18.2 Å². The lowest BCUT2D eigenvalue weighted by atomic mass is 10.2. The molecule has 8 heteroatoms. The lowest BCUT2D eigenvalue weighted by Crippen LogP contribution is -2.37. The van der Waals surface area contributed by atoms with Crippen LogP contribution in [0.3, 0.4) is 0 Å². The molecule has 1 heterocycles. The zero-order valence-electron chi connectivity index (χ0n) is 11.5. The summed E-state index contributed by atoms with van der Waals surface area (Å²) in [6, 6.07) is 4.73. The molecule has 1 unspecified atom stereocenters. The van der Waals surface area contributed by atoms with Crippen molar-refractivity contribution in [2.45, 2.75) is 13.0 Å². The zero-order valence-corrected chi connectivity index (χ0v) is 13.9. The van der Waals surface area contributed by atoms with Gasteiger partial charge in [-0.15, -0.1) is 11.3 Å². The fourth-order valence-corrected chi connectivity index (χ4v) is 4.34. The number of fused-ring (bicyclic) bond motifs is 1. The van der Waals surface area contributed by atoms with E-state index in [4.69, 9.17) is 17.3 Å². The number of hydrogen-bond donors (Lipinski definition) is 2. The number of nitrogens with one attached hydrogen (secondary N) is 1. The molecule has 0 aliphatic carbocycles. The summed E-state index contributed by atoms with van der Waals surface area (Å²) in [6.07, 6.45) is 1.13. The van der Waals surface area contributed by atoms with Crippen molar-refractivity contribution in [2.24, 2.45) is 0 Å². The summed E-state index contributed by atoms with van der Waals surface area (Å²) in [5.41, 5.74) is 6.37. The monoisotopic (exact) mass is 346 g/mol. The molecule has 0 spiro atoms. The second-order valence-electron chi connectivity index (χ2n) is 4.95. The van der Waals surface area contributed by atoms with Gasteiger partial charge in [-0.1, -0.05) is 11.6 Å².